The number of carbonyl (C=O) groups is 2. The fourth-order valence-corrected chi connectivity index (χ4v) is 4.54. The van der Waals surface area contributed by atoms with Crippen molar-refractivity contribution in [1.29, 1.82) is 0 Å². The lowest BCUT2D eigenvalue weighted by atomic mass is 9.91. The van der Waals surface area contributed by atoms with Gasteiger partial charge in [0.2, 0.25) is 5.91 Å². The zero-order chi connectivity index (χ0) is 26.5. The van der Waals surface area contributed by atoms with E-state index in [1.54, 1.807) is 42.5 Å². The maximum Gasteiger partial charge on any atom is 0.271 e. The number of amides is 2. The van der Waals surface area contributed by atoms with Gasteiger partial charge in [-0.3, -0.25) is 15.0 Å². The van der Waals surface area contributed by atoms with Crippen molar-refractivity contribution in [2.75, 3.05) is 0 Å². The molecule has 1 aliphatic rings. The monoisotopic (exact) mass is 546 g/mol. The van der Waals surface area contributed by atoms with Gasteiger partial charge >= 0.3 is 0 Å². The summed E-state index contributed by atoms with van der Waals surface area (Å²) < 4.78 is 34.3. The van der Waals surface area contributed by atoms with Crippen LogP contribution in [-0.4, -0.2) is 22.9 Å². The van der Waals surface area contributed by atoms with Crippen molar-refractivity contribution < 1.29 is 23.1 Å². The van der Waals surface area contributed by atoms with E-state index in [-0.39, 0.29) is 23.8 Å². The molecule has 0 radical (unpaired) electrons. The fraction of sp³-hybridized carbons (Fsp3) is 0.286. The molecule has 1 fully saturated rings. The van der Waals surface area contributed by atoms with Gasteiger partial charge in [0.15, 0.2) is 0 Å². The highest BCUT2D eigenvalue weighted by molar-refractivity contribution is 6.30. The Kier molecular flexibility index (Phi) is 8.79. The summed E-state index contributed by atoms with van der Waals surface area (Å²) in [6, 6.07) is 16.0. The summed E-state index contributed by atoms with van der Waals surface area (Å²) in [7, 11) is 0. The Balaban J connectivity index is 1.78. The summed E-state index contributed by atoms with van der Waals surface area (Å²) >= 11 is 12.0. The molecule has 1 N–H and O–H groups in total. The molecule has 2 amide bonds. The molecule has 3 atom stereocenters. The summed E-state index contributed by atoms with van der Waals surface area (Å²) in [6.07, 6.45) is -0.0597. The first kappa shape index (κ1) is 27.0. The standard InChI is InChI=1S/C28H26Cl2F2N2O3/c1-2-3-4-25(35)33-34-26(18-7-10-20(29)11-8-18)27(19-9-14-22(30)23(32)16-19)37-24(28(34)36)15-17-5-12-21(31)13-6-17/h5-14,16,24,26-27H,2-4,15H2,1H3,(H,33,35)/t24-,26+,27-/m1/s1. The summed E-state index contributed by atoms with van der Waals surface area (Å²) in [5.74, 6) is -1.83. The second kappa shape index (κ2) is 12.0. The number of ether oxygens (including phenoxy) is 1. The highest BCUT2D eigenvalue weighted by atomic mass is 35.5. The van der Waals surface area contributed by atoms with Crippen molar-refractivity contribution >= 4 is 35.0 Å². The summed E-state index contributed by atoms with van der Waals surface area (Å²) in [4.78, 5) is 26.6. The van der Waals surface area contributed by atoms with E-state index in [0.717, 1.165) is 6.42 Å². The molecule has 0 aromatic heterocycles. The van der Waals surface area contributed by atoms with E-state index in [4.69, 9.17) is 27.9 Å². The van der Waals surface area contributed by atoms with Gasteiger partial charge in [-0.25, -0.2) is 13.8 Å². The molecular formula is C28H26Cl2F2N2O3. The van der Waals surface area contributed by atoms with E-state index in [2.05, 4.69) is 5.43 Å². The van der Waals surface area contributed by atoms with E-state index >= 15 is 0 Å². The first-order chi connectivity index (χ1) is 17.8. The fourth-order valence-electron chi connectivity index (χ4n) is 4.29. The Bertz CT molecular complexity index is 1260. The van der Waals surface area contributed by atoms with Gasteiger partial charge in [-0.15, -0.1) is 0 Å². The smallest absolute Gasteiger partial charge is 0.271 e. The maximum atomic E-state index is 14.5. The lowest BCUT2D eigenvalue weighted by Crippen LogP contribution is -2.58. The lowest BCUT2D eigenvalue weighted by Gasteiger charge is -2.44. The van der Waals surface area contributed by atoms with E-state index < -0.39 is 35.8 Å². The van der Waals surface area contributed by atoms with Crippen LogP contribution in [0.4, 0.5) is 8.78 Å². The van der Waals surface area contributed by atoms with Gasteiger partial charge in [0.1, 0.15) is 29.9 Å². The Morgan fingerprint density at radius 2 is 1.68 bits per heavy atom. The largest absolute Gasteiger partial charge is 0.357 e. The zero-order valence-electron chi connectivity index (χ0n) is 20.1. The molecule has 3 aromatic carbocycles. The summed E-state index contributed by atoms with van der Waals surface area (Å²) in [5.41, 5.74) is 4.51. The van der Waals surface area contributed by atoms with Crippen molar-refractivity contribution in [2.45, 2.75) is 50.9 Å². The minimum absolute atomic E-state index is 0.0498. The molecule has 1 aliphatic heterocycles. The average Bonchev–Trinajstić information content (AvgIpc) is 2.88. The number of benzene rings is 3. The number of hydrazine groups is 1. The van der Waals surface area contributed by atoms with E-state index in [1.165, 1.54) is 29.3 Å². The molecule has 0 saturated carbocycles. The first-order valence-corrected chi connectivity index (χ1v) is 12.7. The van der Waals surface area contributed by atoms with E-state index in [0.29, 0.717) is 28.1 Å². The van der Waals surface area contributed by atoms with Crippen molar-refractivity contribution in [2.24, 2.45) is 0 Å². The van der Waals surface area contributed by atoms with Gasteiger partial charge in [-0.2, -0.15) is 0 Å². The first-order valence-electron chi connectivity index (χ1n) is 12.0. The van der Waals surface area contributed by atoms with Crippen LogP contribution in [0.15, 0.2) is 66.7 Å². The van der Waals surface area contributed by atoms with Crippen LogP contribution in [0.3, 0.4) is 0 Å². The number of hydrogen-bond donors (Lipinski definition) is 1. The number of morpholine rings is 1. The van der Waals surface area contributed by atoms with Gasteiger partial charge in [0.05, 0.1) is 5.02 Å². The molecule has 194 valence electrons. The highest BCUT2D eigenvalue weighted by Gasteiger charge is 2.45. The van der Waals surface area contributed by atoms with Crippen LogP contribution in [0.5, 0.6) is 0 Å². The Morgan fingerprint density at radius 3 is 2.32 bits per heavy atom. The minimum atomic E-state index is -1.02. The number of nitrogens with zero attached hydrogens (tertiary/aromatic N) is 1. The number of hydrogen-bond acceptors (Lipinski definition) is 3. The lowest BCUT2D eigenvalue weighted by molar-refractivity contribution is -0.183. The summed E-state index contributed by atoms with van der Waals surface area (Å²) in [6.45, 7) is 1.97. The van der Waals surface area contributed by atoms with Gasteiger partial charge in [0, 0.05) is 17.9 Å². The average molecular weight is 547 g/mol. The van der Waals surface area contributed by atoms with Crippen molar-refractivity contribution in [3.63, 3.8) is 0 Å². The zero-order valence-corrected chi connectivity index (χ0v) is 21.6. The van der Waals surface area contributed by atoms with Crippen molar-refractivity contribution in [3.05, 3.63) is 105 Å². The topological polar surface area (TPSA) is 58.6 Å². The van der Waals surface area contributed by atoms with Crippen molar-refractivity contribution in [1.82, 2.24) is 10.4 Å². The Labute approximate surface area is 224 Å². The molecule has 0 bridgehead atoms. The summed E-state index contributed by atoms with van der Waals surface area (Å²) in [5, 5.41) is 1.72. The Hall–Kier alpha value is -3.00. The van der Waals surface area contributed by atoms with E-state index in [9.17, 15) is 18.4 Å². The highest BCUT2D eigenvalue weighted by Crippen LogP contribution is 2.42. The molecule has 4 rings (SSSR count). The third-order valence-corrected chi connectivity index (χ3v) is 6.77. The molecule has 5 nitrogen and oxygen atoms in total. The van der Waals surface area contributed by atoms with E-state index in [1.807, 2.05) is 6.92 Å². The maximum absolute atomic E-state index is 14.5. The molecule has 3 aromatic rings. The second-order valence-electron chi connectivity index (χ2n) is 8.89. The number of unbranched alkanes of at least 4 members (excludes halogenated alkanes) is 1. The minimum Gasteiger partial charge on any atom is -0.357 e. The van der Waals surface area contributed by atoms with Crippen LogP contribution in [0.25, 0.3) is 0 Å². The third-order valence-electron chi connectivity index (χ3n) is 6.21. The molecule has 37 heavy (non-hydrogen) atoms. The van der Waals surface area contributed by atoms with Crippen LogP contribution in [0.2, 0.25) is 10.0 Å². The number of nitrogens with one attached hydrogen (secondary N) is 1. The molecule has 1 heterocycles. The molecule has 1 saturated heterocycles. The number of rotatable bonds is 8. The van der Waals surface area contributed by atoms with Crippen LogP contribution in [0, 0.1) is 11.6 Å². The SMILES string of the molecule is CCCCC(=O)NN1C(=O)[C@@H](Cc2ccc(F)cc2)O[C@H](c2ccc(Cl)c(F)c2)[C@@H]1c1ccc(Cl)cc1. The quantitative estimate of drug-likeness (QED) is 0.340. The van der Waals surface area contributed by atoms with Gasteiger partial charge in [-0.1, -0.05) is 66.9 Å². The van der Waals surface area contributed by atoms with Crippen LogP contribution < -0.4 is 5.43 Å². The van der Waals surface area contributed by atoms with Crippen LogP contribution in [-0.2, 0) is 20.7 Å². The van der Waals surface area contributed by atoms with Gasteiger partial charge in [-0.05, 0) is 59.5 Å². The molecular weight excluding hydrogens is 521 g/mol. The van der Waals surface area contributed by atoms with Crippen molar-refractivity contribution in [3.8, 4) is 0 Å². The molecule has 0 spiro atoms. The van der Waals surface area contributed by atoms with Crippen LogP contribution in [0.1, 0.15) is 55.0 Å². The van der Waals surface area contributed by atoms with Gasteiger partial charge < -0.3 is 4.74 Å². The third kappa shape index (κ3) is 6.47. The number of halogens is 4. The molecule has 0 unspecified atom stereocenters. The Morgan fingerprint density at radius 1 is 1.00 bits per heavy atom. The number of carbonyl (C=O) groups excluding carboxylic acids is 2. The molecule has 0 aliphatic carbocycles. The van der Waals surface area contributed by atoms with Gasteiger partial charge in [0.25, 0.3) is 5.91 Å². The van der Waals surface area contributed by atoms with Crippen LogP contribution >= 0.6 is 23.2 Å². The normalized spacial score (nSPS) is 19.6. The predicted molar refractivity (Wildman–Crippen MR) is 138 cm³/mol. The predicted octanol–water partition coefficient (Wildman–Crippen LogP) is 6.75. The molecule has 9 heteroatoms. The second-order valence-corrected chi connectivity index (χ2v) is 9.74.